The van der Waals surface area contributed by atoms with Gasteiger partial charge in [-0.05, 0) is 55.4 Å². The minimum Gasteiger partial charge on any atom is -0.382 e. The van der Waals surface area contributed by atoms with Gasteiger partial charge in [-0.2, -0.15) is 0 Å². The summed E-state index contributed by atoms with van der Waals surface area (Å²) in [7, 11) is 0. The fraction of sp³-hybridized carbons (Fsp3) is 0.333. The molecule has 0 spiro atoms. The Morgan fingerprint density at radius 2 is 1.85 bits per heavy atom. The molecule has 1 aliphatic rings. The fourth-order valence-electron chi connectivity index (χ4n) is 3.17. The summed E-state index contributed by atoms with van der Waals surface area (Å²) in [6, 6.07) is 16.1. The van der Waals surface area contributed by atoms with Crippen molar-refractivity contribution in [2.24, 2.45) is 0 Å². The molecule has 2 unspecified atom stereocenters. The van der Waals surface area contributed by atoms with E-state index in [0.29, 0.717) is 12.0 Å². The van der Waals surface area contributed by atoms with Crippen molar-refractivity contribution in [1.29, 1.82) is 0 Å². The van der Waals surface area contributed by atoms with E-state index >= 15 is 0 Å². The summed E-state index contributed by atoms with van der Waals surface area (Å²) in [5.74, 6) is 0.435. The number of para-hydroxylation sites is 1. The molecule has 0 bridgehead atoms. The fourth-order valence-corrected chi connectivity index (χ4v) is 3.17. The maximum Gasteiger partial charge on any atom is 0.126 e. The van der Waals surface area contributed by atoms with Crippen LogP contribution in [0.15, 0.2) is 48.5 Å². The highest BCUT2D eigenvalue weighted by Crippen LogP contribution is 2.36. The summed E-state index contributed by atoms with van der Waals surface area (Å²) in [6.07, 6.45) is 2.92. The average Bonchev–Trinajstić information content (AvgIpc) is 2.46. The van der Waals surface area contributed by atoms with E-state index in [0.717, 1.165) is 24.8 Å². The zero-order chi connectivity index (χ0) is 13.9. The van der Waals surface area contributed by atoms with E-state index in [1.807, 2.05) is 12.1 Å². The van der Waals surface area contributed by atoms with Gasteiger partial charge < -0.3 is 5.32 Å². The number of halogens is 1. The van der Waals surface area contributed by atoms with Crippen molar-refractivity contribution in [3.63, 3.8) is 0 Å². The third kappa shape index (κ3) is 2.69. The lowest BCUT2D eigenvalue weighted by atomic mass is 9.83. The molecule has 0 fully saturated rings. The first-order valence-corrected chi connectivity index (χ1v) is 7.33. The van der Waals surface area contributed by atoms with Gasteiger partial charge in [0.05, 0.1) is 0 Å². The number of anilines is 1. The van der Waals surface area contributed by atoms with Crippen LogP contribution in [0.25, 0.3) is 0 Å². The quantitative estimate of drug-likeness (QED) is 0.848. The highest BCUT2D eigenvalue weighted by atomic mass is 19.1. The molecule has 0 radical (unpaired) electrons. The van der Waals surface area contributed by atoms with Crippen LogP contribution in [-0.4, -0.2) is 6.04 Å². The standard InChI is InChI=1S/C18H20FN/c1-13-12-15(16-7-3-5-9-18(16)20-13)11-10-14-6-2-4-8-17(14)19/h2-9,13,15,20H,10-12H2,1H3. The number of aryl methyl sites for hydroxylation is 1. The molecule has 3 rings (SSSR count). The largest absolute Gasteiger partial charge is 0.382 e. The van der Waals surface area contributed by atoms with Crippen molar-refractivity contribution in [1.82, 2.24) is 0 Å². The van der Waals surface area contributed by atoms with Gasteiger partial charge in [0.2, 0.25) is 0 Å². The van der Waals surface area contributed by atoms with E-state index in [2.05, 4.69) is 36.5 Å². The zero-order valence-electron chi connectivity index (χ0n) is 11.8. The minimum atomic E-state index is -0.0808. The van der Waals surface area contributed by atoms with E-state index in [-0.39, 0.29) is 5.82 Å². The predicted molar refractivity (Wildman–Crippen MR) is 81.6 cm³/mol. The normalized spacial score (nSPS) is 21.1. The summed E-state index contributed by atoms with van der Waals surface area (Å²) in [6.45, 7) is 2.21. The Balaban J connectivity index is 1.76. The summed E-state index contributed by atoms with van der Waals surface area (Å²) in [4.78, 5) is 0. The van der Waals surface area contributed by atoms with E-state index in [4.69, 9.17) is 0 Å². The third-order valence-corrected chi connectivity index (χ3v) is 4.16. The first-order valence-electron chi connectivity index (χ1n) is 7.33. The monoisotopic (exact) mass is 269 g/mol. The van der Waals surface area contributed by atoms with Gasteiger partial charge in [0.15, 0.2) is 0 Å². The lowest BCUT2D eigenvalue weighted by molar-refractivity contribution is 0.513. The summed E-state index contributed by atoms with van der Waals surface area (Å²) < 4.78 is 13.7. The van der Waals surface area contributed by atoms with Gasteiger partial charge in [-0.3, -0.25) is 0 Å². The van der Waals surface area contributed by atoms with Gasteiger partial charge in [-0.25, -0.2) is 4.39 Å². The van der Waals surface area contributed by atoms with Crippen LogP contribution in [0.2, 0.25) is 0 Å². The van der Waals surface area contributed by atoms with Crippen LogP contribution in [0.5, 0.6) is 0 Å². The maximum atomic E-state index is 13.7. The Hall–Kier alpha value is -1.83. The van der Waals surface area contributed by atoms with Crippen molar-refractivity contribution < 1.29 is 4.39 Å². The van der Waals surface area contributed by atoms with Crippen LogP contribution < -0.4 is 5.32 Å². The molecule has 2 aromatic carbocycles. The molecule has 104 valence electrons. The van der Waals surface area contributed by atoms with Gasteiger partial charge in [0, 0.05) is 11.7 Å². The Morgan fingerprint density at radius 3 is 2.70 bits per heavy atom. The lowest BCUT2D eigenvalue weighted by Crippen LogP contribution is -2.25. The second-order valence-corrected chi connectivity index (χ2v) is 5.70. The molecule has 0 aromatic heterocycles. The van der Waals surface area contributed by atoms with Crippen molar-refractivity contribution in [2.45, 2.75) is 38.1 Å². The second-order valence-electron chi connectivity index (χ2n) is 5.70. The van der Waals surface area contributed by atoms with Crippen LogP contribution in [0.4, 0.5) is 10.1 Å². The van der Waals surface area contributed by atoms with E-state index in [1.165, 1.54) is 11.3 Å². The number of hydrogen-bond acceptors (Lipinski definition) is 1. The Morgan fingerprint density at radius 1 is 1.10 bits per heavy atom. The van der Waals surface area contributed by atoms with Crippen LogP contribution in [0.3, 0.4) is 0 Å². The molecule has 2 aromatic rings. The van der Waals surface area contributed by atoms with Crippen LogP contribution >= 0.6 is 0 Å². The number of hydrogen-bond donors (Lipinski definition) is 1. The molecule has 2 atom stereocenters. The molecular weight excluding hydrogens is 249 g/mol. The number of rotatable bonds is 3. The molecule has 0 aliphatic carbocycles. The van der Waals surface area contributed by atoms with E-state index in [9.17, 15) is 4.39 Å². The minimum absolute atomic E-state index is 0.0808. The third-order valence-electron chi connectivity index (χ3n) is 4.16. The molecule has 2 heteroatoms. The van der Waals surface area contributed by atoms with Gasteiger partial charge in [0.1, 0.15) is 5.82 Å². The van der Waals surface area contributed by atoms with Crippen LogP contribution in [0, 0.1) is 5.82 Å². The lowest BCUT2D eigenvalue weighted by Gasteiger charge is -2.31. The Kier molecular flexibility index (Phi) is 3.72. The van der Waals surface area contributed by atoms with Crippen molar-refractivity contribution in [2.75, 3.05) is 5.32 Å². The Labute approximate surface area is 119 Å². The SMILES string of the molecule is CC1CC(CCc2ccccc2F)c2ccccc2N1. The summed E-state index contributed by atoms with van der Waals surface area (Å²) in [5, 5.41) is 3.53. The smallest absolute Gasteiger partial charge is 0.126 e. The number of benzene rings is 2. The topological polar surface area (TPSA) is 12.0 Å². The number of nitrogens with one attached hydrogen (secondary N) is 1. The van der Waals surface area contributed by atoms with Crippen molar-refractivity contribution in [3.8, 4) is 0 Å². The molecule has 0 saturated carbocycles. The molecule has 20 heavy (non-hydrogen) atoms. The van der Waals surface area contributed by atoms with Gasteiger partial charge in [-0.15, -0.1) is 0 Å². The van der Waals surface area contributed by atoms with E-state index in [1.54, 1.807) is 12.1 Å². The van der Waals surface area contributed by atoms with Crippen molar-refractivity contribution >= 4 is 5.69 Å². The van der Waals surface area contributed by atoms with Crippen LogP contribution in [0.1, 0.15) is 36.8 Å². The van der Waals surface area contributed by atoms with Gasteiger partial charge in [-0.1, -0.05) is 36.4 Å². The predicted octanol–water partition coefficient (Wildman–Crippen LogP) is 4.75. The molecule has 1 aliphatic heterocycles. The van der Waals surface area contributed by atoms with Crippen LogP contribution in [-0.2, 0) is 6.42 Å². The highest BCUT2D eigenvalue weighted by Gasteiger charge is 2.23. The average molecular weight is 269 g/mol. The second kappa shape index (κ2) is 5.66. The zero-order valence-corrected chi connectivity index (χ0v) is 11.8. The molecular formula is C18H20FN. The molecule has 1 N–H and O–H groups in total. The first-order chi connectivity index (χ1) is 9.74. The number of fused-ring (bicyclic) bond motifs is 1. The highest BCUT2D eigenvalue weighted by molar-refractivity contribution is 5.55. The van der Waals surface area contributed by atoms with E-state index < -0.39 is 0 Å². The Bertz CT molecular complexity index is 593. The maximum absolute atomic E-state index is 13.7. The molecule has 1 heterocycles. The van der Waals surface area contributed by atoms with Gasteiger partial charge in [0.25, 0.3) is 0 Å². The van der Waals surface area contributed by atoms with Gasteiger partial charge >= 0.3 is 0 Å². The summed E-state index contributed by atoms with van der Waals surface area (Å²) >= 11 is 0. The van der Waals surface area contributed by atoms with Crippen molar-refractivity contribution in [3.05, 3.63) is 65.5 Å². The molecule has 0 amide bonds. The molecule has 1 nitrogen and oxygen atoms in total. The molecule has 0 saturated heterocycles. The summed E-state index contributed by atoms with van der Waals surface area (Å²) in [5.41, 5.74) is 3.45. The first kappa shape index (κ1) is 13.2.